The molecule has 0 aliphatic heterocycles. The van der Waals surface area contributed by atoms with E-state index >= 15 is 0 Å². The van der Waals surface area contributed by atoms with E-state index in [1.807, 2.05) is 0 Å². The number of aliphatic hydroxyl groups is 1. The van der Waals surface area contributed by atoms with Gasteiger partial charge in [-0.25, -0.2) is 0 Å². The highest BCUT2D eigenvalue weighted by molar-refractivity contribution is 5.15. The van der Waals surface area contributed by atoms with Crippen LogP contribution in [0.15, 0.2) is 4.52 Å². The fourth-order valence-corrected chi connectivity index (χ4v) is 4.91. The van der Waals surface area contributed by atoms with Gasteiger partial charge in [0.05, 0.1) is 5.41 Å². The van der Waals surface area contributed by atoms with Crippen LogP contribution in [-0.4, -0.2) is 15.2 Å². The van der Waals surface area contributed by atoms with Crippen molar-refractivity contribution in [2.24, 2.45) is 17.8 Å². The van der Waals surface area contributed by atoms with Gasteiger partial charge in [0.15, 0.2) is 5.82 Å². The molecule has 4 heteroatoms. The van der Waals surface area contributed by atoms with E-state index in [0.717, 1.165) is 23.6 Å². The van der Waals surface area contributed by atoms with Crippen molar-refractivity contribution in [3.05, 3.63) is 11.7 Å². The van der Waals surface area contributed by atoms with Crippen molar-refractivity contribution < 1.29 is 9.63 Å². The molecule has 1 heterocycles. The van der Waals surface area contributed by atoms with E-state index in [1.165, 1.54) is 38.5 Å². The van der Waals surface area contributed by atoms with Crippen LogP contribution in [0.1, 0.15) is 50.2 Å². The summed E-state index contributed by atoms with van der Waals surface area (Å²) in [5, 5.41) is 12.9. The lowest BCUT2D eigenvalue weighted by atomic mass is 9.49. The average molecular weight is 234 g/mol. The standard InChI is InChI=1S/C13H18N2O2/c16-7-11-14-12(17-15-11)13-4-8-1-9(5-13)3-10(2-8)6-13/h8-10,16H,1-7H2. The number of nitrogens with zero attached hydrogens (tertiary/aromatic N) is 2. The molecule has 17 heavy (non-hydrogen) atoms. The number of aromatic nitrogens is 2. The van der Waals surface area contributed by atoms with Crippen LogP contribution in [0, 0.1) is 17.8 Å². The third-order valence-electron chi connectivity index (χ3n) is 5.10. The van der Waals surface area contributed by atoms with Gasteiger partial charge in [-0.15, -0.1) is 0 Å². The molecule has 4 aliphatic rings. The van der Waals surface area contributed by atoms with Crippen LogP contribution in [0.4, 0.5) is 0 Å². The van der Waals surface area contributed by atoms with Gasteiger partial charge < -0.3 is 9.63 Å². The van der Waals surface area contributed by atoms with E-state index < -0.39 is 0 Å². The molecule has 4 bridgehead atoms. The molecule has 5 rings (SSSR count). The summed E-state index contributed by atoms with van der Waals surface area (Å²) in [6.45, 7) is -0.115. The molecule has 0 spiro atoms. The van der Waals surface area contributed by atoms with Crippen molar-refractivity contribution in [2.75, 3.05) is 0 Å². The highest BCUT2D eigenvalue weighted by Crippen LogP contribution is 2.60. The van der Waals surface area contributed by atoms with Gasteiger partial charge in [0, 0.05) is 0 Å². The van der Waals surface area contributed by atoms with Crippen LogP contribution >= 0.6 is 0 Å². The van der Waals surface area contributed by atoms with E-state index in [4.69, 9.17) is 9.63 Å². The molecule has 1 N–H and O–H groups in total. The highest BCUT2D eigenvalue weighted by Gasteiger charge is 2.54. The normalized spacial score (nSPS) is 43.2. The summed E-state index contributed by atoms with van der Waals surface area (Å²) in [4.78, 5) is 4.39. The Morgan fingerprint density at radius 1 is 1.12 bits per heavy atom. The van der Waals surface area contributed by atoms with Crippen molar-refractivity contribution >= 4 is 0 Å². The van der Waals surface area contributed by atoms with Gasteiger partial charge in [0.1, 0.15) is 6.61 Å². The van der Waals surface area contributed by atoms with Crippen molar-refractivity contribution in [3.63, 3.8) is 0 Å². The molecule has 4 fully saturated rings. The second kappa shape index (κ2) is 3.31. The molecule has 1 aromatic rings. The maximum atomic E-state index is 9.05. The summed E-state index contributed by atoms with van der Waals surface area (Å²) in [5.74, 6) is 3.89. The van der Waals surface area contributed by atoms with Gasteiger partial charge in [-0.2, -0.15) is 4.98 Å². The number of aliphatic hydroxyl groups excluding tert-OH is 1. The first kappa shape index (κ1) is 10.1. The Kier molecular flexibility index (Phi) is 1.96. The molecule has 4 saturated carbocycles. The Morgan fingerprint density at radius 2 is 1.71 bits per heavy atom. The zero-order valence-corrected chi connectivity index (χ0v) is 9.93. The molecule has 0 radical (unpaired) electrons. The Morgan fingerprint density at radius 3 is 2.18 bits per heavy atom. The Bertz CT molecular complexity index is 405. The largest absolute Gasteiger partial charge is 0.388 e. The van der Waals surface area contributed by atoms with Gasteiger partial charge in [-0.3, -0.25) is 0 Å². The quantitative estimate of drug-likeness (QED) is 0.850. The van der Waals surface area contributed by atoms with Gasteiger partial charge in [0.2, 0.25) is 5.89 Å². The number of rotatable bonds is 2. The van der Waals surface area contributed by atoms with Crippen molar-refractivity contribution in [1.82, 2.24) is 10.1 Å². The SMILES string of the molecule is OCc1noc(C23CC4CC(CC(C4)C2)C3)n1. The van der Waals surface area contributed by atoms with Crippen molar-refractivity contribution in [3.8, 4) is 0 Å². The van der Waals surface area contributed by atoms with Gasteiger partial charge >= 0.3 is 0 Å². The van der Waals surface area contributed by atoms with Crippen LogP contribution in [-0.2, 0) is 12.0 Å². The Labute approximate surface area is 100 Å². The third-order valence-corrected chi connectivity index (χ3v) is 5.10. The van der Waals surface area contributed by atoms with E-state index in [9.17, 15) is 0 Å². The first-order chi connectivity index (χ1) is 8.27. The van der Waals surface area contributed by atoms with E-state index in [2.05, 4.69) is 10.1 Å². The summed E-state index contributed by atoms with van der Waals surface area (Å²) in [6, 6.07) is 0. The topological polar surface area (TPSA) is 59.2 Å². The van der Waals surface area contributed by atoms with Crippen LogP contribution in [0.2, 0.25) is 0 Å². The number of hydrogen-bond acceptors (Lipinski definition) is 4. The second-order valence-corrected chi connectivity index (χ2v) is 6.37. The maximum absolute atomic E-state index is 9.05. The molecule has 4 nitrogen and oxygen atoms in total. The lowest BCUT2D eigenvalue weighted by Crippen LogP contribution is -2.48. The lowest BCUT2D eigenvalue weighted by Gasteiger charge is -2.55. The Hall–Kier alpha value is -0.900. The zero-order chi connectivity index (χ0) is 11.5. The predicted molar refractivity (Wildman–Crippen MR) is 60.1 cm³/mol. The van der Waals surface area contributed by atoms with Crippen LogP contribution in [0.25, 0.3) is 0 Å². The highest BCUT2D eigenvalue weighted by atomic mass is 16.5. The second-order valence-electron chi connectivity index (χ2n) is 6.37. The number of hydrogen-bond donors (Lipinski definition) is 1. The van der Waals surface area contributed by atoms with Crippen molar-refractivity contribution in [1.29, 1.82) is 0 Å². The minimum Gasteiger partial charge on any atom is -0.388 e. The summed E-state index contributed by atoms with van der Waals surface area (Å²) < 4.78 is 5.42. The van der Waals surface area contributed by atoms with Gasteiger partial charge in [0.25, 0.3) is 0 Å². The van der Waals surface area contributed by atoms with Gasteiger partial charge in [-0.1, -0.05) is 5.16 Å². The van der Waals surface area contributed by atoms with Gasteiger partial charge in [-0.05, 0) is 56.3 Å². The molecule has 0 saturated heterocycles. The molecule has 0 amide bonds. The molecule has 0 unspecified atom stereocenters. The average Bonchev–Trinajstić information content (AvgIpc) is 2.76. The van der Waals surface area contributed by atoms with Crippen LogP contribution in [0.5, 0.6) is 0 Å². The fourth-order valence-electron chi connectivity index (χ4n) is 4.91. The lowest BCUT2D eigenvalue weighted by molar-refractivity contribution is -0.0201. The zero-order valence-electron chi connectivity index (χ0n) is 9.93. The van der Waals surface area contributed by atoms with E-state index in [0.29, 0.717) is 5.82 Å². The summed E-state index contributed by atoms with van der Waals surface area (Å²) in [5.41, 5.74) is 0.162. The smallest absolute Gasteiger partial charge is 0.232 e. The third kappa shape index (κ3) is 1.39. The first-order valence-electron chi connectivity index (χ1n) is 6.71. The predicted octanol–water partition coefficient (Wildman–Crippen LogP) is 2.03. The van der Waals surface area contributed by atoms with E-state index in [1.54, 1.807) is 0 Å². The monoisotopic (exact) mass is 234 g/mol. The molecular formula is C13H18N2O2. The molecule has 0 atom stereocenters. The minimum atomic E-state index is -0.115. The summed E-state index contributed by atoms with van der Waals surface area (Å²) >= 11 is 0. The molecule has 4 aliphatic carbocycles. The van der Waals surface area contributed by atoms with E-state index in [-0.39, 0.29) is 12.0 Å². The van der Waals surface area contributed by atoms with Crippen LogP contribution in [0.3, 0.4) is 0 Å². The Balaban J connectivity index is 1.72. The van der Waals surface area contributed by atoms with Crippen LogP contribution < -0.4 is 0 Å². The molecule has 0 aromatic carbocycles. The minimum absolute atomic E-state index is 0.115. The van der Waals surface area contributed by atoms with Crippen molar-refractivity contribution in [2.45, 2.75) is 50.5 Å². The summed E-state index contributed by atoms with van der Waals surface area (Å²) in [7, 11) is 0. The maximum Gasteiger partial charge on any atom is 0.232 e. The molecule has 92 valence electrons. The fraction of sp³-hybridized carbons (Fsp3) is 0.846. The molecular weight excluding hydrogens is 216 g/mol. The first-order valence-corrected chi connectivity index (χ1v) is 6.71. The molecule has 1 aromatic heterocycles. The summed E-state index contributed by atoms with van der Waals surface area (Å²) in [6.07, 6.45) is 7.94.